The molecule has 0 radical (unpaired) electrons. The van der Waals surface area contributed by atoms with Gasteiger partial charge in [0.15, 0.2) is 5.78 Å². The molecule has 1 aliphatic rings. The second kappa shape index (κ2) is 3.77. The average molecular weight is 220 g/mol. The van der Waals surface area contributed by atoms with E-state index in [1.165, 1.54) is 4.90 Å². The Morgan fingerprint density at radius 3 is 2.56 bits per heavy atom. The molecular formula is C12H16N2O2. The minimum atomic E-state index is -0.0697. The predicted molar refractivity (Wildman–Crippen MR) is 60.8 cm³/mol. The number of carbonyl (C=O) groups excluding carboxylic acids is 2. The molecule has 0 unspecified atom stereocenters. The number of H-pyrrole nitrogens is 1. The van der Waals surface area contributed by atoms with Gasteiger partial charge in [-0.15, -0.1) is 0 Å². The van der Waals surface area contributed by atoms with E-state index in [4.69, 9.17) is 0 Å². The first-order valence-corrected chi connectivity index (χ1v) is 5.48. The molecule has 0 bridgehead atoms. The molecule has 0 atom stereocenters. The summed E-state index contributed by atoms with van der Waals surface area (Å²) in [6.07, 6.45) is 2.34. The van der Waals surface area contributed by atoms with Crippen LogP contribution in [0.15, 0.2) is 0 Å². The van der Waals surface area contributed by atoms with E-state index in [-0.39, 0.29) is 11.7 Å². The number of aromatic nitrogens is 1. The molecular weight excluding hydrogens is 204 g/mol. The van der Waals surface area contributed by atoms with Crippen LogP contribution in [0.5, 0.6) is 0 Å². The Balaban J connectivity index is 2.51. The van der Waals surface area contributed by atoms with Gasteiger partial charge in [-0.1, -0.05) is 0 Å². The third kappa shape index (κ3) is 1.54. The molecule has 86 valence electrons. The second-order valence-electron chi connectivity index (χ2n) is 4.45. The molecule has 4 nitrogen and oxygen atoms in total. The number of ketones is 1. The van der Waals surface area contributed by atoms with Crippen LogP contribution < -0.4 is 0 Å². The maximum absolute atomic E-state index is 11.9. The smallest absolute Gasteiger partial charge is 0.270 e. The SMILES string of the molecule is Cc1c(C(=O)N(C)C)[nH]c2c1C(=O)CCC2. The van der Waals surface area contributed by atoms with Crippen LogP contribution in [0.1, 0.15) is 44.9 Å². The van der Waals surface area contributed by atoms with Gasteiger partial charge in [-0.3, -0.25) is 9.59 Å². The van der Waals surface area contributed by atoms with Crippen LogP contribution >= 0.6 is 0 Å². The maximum Gasteiger partial charge on any atom is 0.270 e. The van der Waals surface area contributed by atoms with Crippen LogP contribution in [0.2, 0.25) is 0 Å². The van der Waals surface area contributed by atoms with E-state index >= 15 is 0 Å². The zero-order valence-electron chi connectivity index (χ0n) is 9.89. The van der Waals surface area contributed by atoms with Crippen molar-refractivity contribution in [3.8, 4) is 0 Å². The monoisotopic (exact) mass is 220 g/mol. The van der Waals surface area contributed by atoms with Gasteiger partial charge >= 0.3 is 0 Å². The minimum Gasteiger partial charge on any atom is -0.354 e. The van der Waals surface area contributed by atoms with Crippen molar-refractivity contribution in [2.45, 2.75) is 26.2 Å². The highest BCUT2D eigenvalue weighted by molar-refractivity contribution is 6.04. The summed E-state index contributed by atoms with van der Waals surface area (Å²) in [5.74, 6) is 0.0903. The quantitative estimate of drug-likeness (QED) is 0.780. The first-order valence-electron chi connectivity index (χ1n) is 5.48. The van der Waals surface area contributed by atoms with Gasteiger partial charge in [-0.25, -0.2) is 0 Å². The largest absolute Gasteiger partial charge is 0.354 e. The Bertz CT molecular complexity index is 458. The number of nitrogens with one attached hydrogen (secondary N) is 1. The number of rotatable bonds is 1. The van der Waals surface area contributed by atoms with Crippen LogP contribution in [-0.4, -0.2) is 35.7 Å². The molecule has 1 aliphatic carbocycles. The highest BCUT2D eigenvalue weighted by Gasteiger charge is 2.26. The summed E-state index contributed by atoms with van der Waals surface area (Å²) in [4.78, 5) is 28.3. The van der Waals surface area contributed by atoms with E-state index in [1.807, 2.05) is 6.92 Å². The van der Waals surface area contributed by atoms with E-state index in [1.54, 1.807) is 14.1 Å². The van der Waals surface area contributed by atoms with E-state index < -0.39 is 0 Å². The lowest BCUT2D eigenvalue weighted by Crippen LogP contribution is -2.22. The molecule has 16 heavy (non-hydrogen) atoms. The van der Waals surface area contributed by atoms with Gasteiger partial charge in [0, 0.05) is 31.8 Å². The standard InChI is InChI=1S/C12H16N2O2/c1-7-10-8(5-4-6-9(10)15)13-11(7)12(16)14(2)3/h13H,4-6H2,1-3H3. The van der Waals surface area contributed by atoms with E-state index in [2.05, 4.69) is 4.98 Å². The highest BCUT2D eigenvalue weighted by Crippen LogP contribution is 2.26. The topological polar surface area (TPSA) is 53.2 Å². The van der Waals surface area contributed by atoms with Crippen molar-refractivity contribution >= 4 is 11.7 Å². The zero-order valence-corrected chi connectivity index (χ0v) is 9.89. The summed E-state index contributed by atoms with van der Waals surface area (Å²) in [5.41, 5.74) is 3.04. The molecule has 0 fully saturated rings. The fraction of sp³-hybridized carbons (Fsp3) is 0.500. The van der Waals surface area contributed by atoms with Crippen molar-refractivity contribution in [3.63, 3.8) is 0 Å². The summed E-state index contributed by atoms with van der Waals surface area (Å²) in [7, 11) is 3.42. The van der Waals surface area contributed by atoms with Gasteiger partial charge in [0.05, 0.1) is 0 Å². The van der Waals surface area contributed by atoms with Gasteiger partial charge < -0.3 is 9.88 Å². The lowest BCUT2D eigenvalue weighted by Gasteiger charge is -2.10. The molecule has 0 saturated heterocycles. The van der Waals surface area contributed by atoms with Crippen molar-refractivity contribution in [1.82, 2.24) is 9.88 Å². The molecule has 0 spiro atoms. The summed E-state index contributed by atoms with van der Waals surface area (Å²) >= 11 is 0. The molecule has 0 aliphatic heterocycles. The lowest BCUT2D eigenvalue weighted by atomic mass is 9.94. The Morgan fingerprint density at radius 2 is 2.00 bits per heavy atom. The zero-order chi connectivity index (χ0) is 11.9. The summed E-state index contributed by atoms with van der Waals surface area (Å²) < 4.78 is 0. The average Bonchev–Trinajstić information content (AvgIpc) is 2.56. The van der Waals surface area contributed by atoms with Gasteiger partial charge in [-0.2, -0.15) is 0 Å². The van der Waals surface area contributed by atoms with E-state index in [9.17, 15) is 9.59 Å². The second-order valence-corrected chi connectivity index (χ2v) is 4.45. The molecule has 4 heteroatoms. The van der Waals surface area contributed by atoms with Crippen LogP contribution in [0, 0.1) is 6.92 Å². The number of carbonyl (C=O) groups is 2. The Kier molecular flexibility index (Phi) is 2.58. The highest BCUT2D eigenvalue weighted by atomic mass is 16.2. The van der Waals surface area contributed by atoms with Gasteiger partial charge in [0.2, 0.25) is 0 Å². The van der Waals surface area contributed by atoms with Gasteiger partial charge in [-0.05, 0) is 25.3 Å². The van der Waals surface area contributed by atoms with Crippen LogP contribution in [0.25, 0.3) is 0 Å². The third-order valence-electron chi connectivity index (χ3n) is 3.06. The molecule has 0 saturated carbocycles. The summed E-state index contributed by atoms with van der Waals surface area (Å²) in [6, 6.07) is 0. The first-order chi connectivity index (χ1) is 7.52. The van der Waals surface area contributed by atoms with Crippen molar-refractivity contribution in [1.29, 1.82) is 0 Å². The normalized spacial score (nSPS) is 14.8. The van der Waals surface area contributed by atoms with E-state index in [0.29, 0.717) is 12.1 Å². The number of amides is 1. The van der Waals surface area contributed by atoms with E-state index in [0.717, 1.165) is 29.7 Å². The number of Topliss-reactive ketones (excluding diaryl/α,β-unsaturated/α-hetero) is 1. The lowest BCUT2D eigenvalue weighted by molar-refractivity contribution is 0.0821. The molecule has 2 rings (SSSR count). The number of hydrogen-bond donors (Lipinski definition) is 1. The maximum atomic E-state index is 11.9. The first kappa shape index (κ1) is 10.9. The number of hydrogen-bond acceptors (Lipinski definition) is 2. The molecule has 1 aromatic heterocycles. The Morgan fingerprint density at radius 1 is 1.31 bits per heavy atom. The van der Waals surface area contributed by atoms with Crippen molar-refractivity contribution in [2.24, 2.45) is 0 Å². The van der Waals surface area contributed by atoms with Crippen LogP contribution in [0.3, 0.4) is 0 Å². The molecule has 1 heterocycles. The fourth-order valence-electron chi connectivity index (χ4n) is 2.21. The Labute approximate surface area is 94.6 Å². The van der Waals surface area contributed by atoms with Crippen molar-refractivity contribution in [3.05, 3.63) is 22.5 Å². The Hall–Kier alpha value is -1.58. The van der Waals surface area contributed by atoms with Gasteiger partial charge in [0.25, 0.3) is 5.91 Å². The summed E-state index contributed by atoms with van der Waals surface area (Å²) in [6.45, 7) is 1.84. The van der Waals surface area contributed by atoms with Crippen molar-refractivity contribution < 1.29 is 9.59 Å². The predicted octanol–water partition coefficient (Wildman–Crippen LogP) is 1.54. The molecule has 1 amide bonds. The summed E-state index contributed by atoms with van der Waals surface area (Å²) in [5, 5.41) is 0. The number of aromatic amines is 1. The molecule has 0 aromatic carbocycles. The van der Waals surface area contributed by atoms with Crippen LogP contribution in [0.4, 0.5) is 0 Å². The third-order valence-corrected chi connectivity index (χ3v) is 3.06. The minimum absolute atomic E-state index is 0.0697. The van der Waals surface area contributed by atoms with Gasteiger partial charge in [0.1, 0.15) is 5.69 Å². The molecule has 1 N–H and O–H groups in total. The van der Waals surface area contributed by atoms with Crippen molar-refractivity contribution in [2.75, 3.05) is 14.1 Å². The number of nitrogens with zero attached hydrogens (tertiary/aromatic N) is 1. The fourth-order valence-corrected chi connectivity index (χ4v) is 2.21. The molecule has 1 aromatic rings. The number of fused-ring (bicyclic) bond motifs is 1. The number of aryl methyl sites for hydroxylation is 1. The van der Waals surface area contributed by atoms with Crippen LogP contribution in [-0.2, 0) is 6.42 Å².